The van der Waals surface area contributed by atoms with E-state index in [1.165, 1.54) is 18.5 Å². The van der Waals surface area contributed by atoms with Gasteiger partial charge in [-0.3, -0.25) is 9.71 Å². The van der Waals surface area contributed by atoms with Crippen molar-refractivity contribution in [2.24, 2.45) is 0 Å². The summed E-state index contributed by atoms with van der Waals surface area (Å²) in [7, 11) is -3.59. The number of anilines is 1. The number of aromatic nitrogens is 1. The third-order valence-electron chi connectivity index (χ3n) is 2.64. The monoisotopic (exact) mass is 340 g/mol. The summed E-state index contributed by atoms with van der Waals surface area (Å²) >= 11 is 3.37. The number of pyridine rings is 1. The number of sulfonamides is 1. The van der Waals surface area contributed by atoms with Gasteiger partial charge >= 0.3 is 0 Å². The van der Waals surface area contributed by atoms with E-state index in [-0.39, 0.29) is 4.90 Å². The van der Waals surface area contributed by atoms with Crippen molar-refractivity contribution in [1.82, 2.24) is 4.98 Å². The first-order valence-corrected chi connectivity index (χ1v) is 8.02. The molecule has 2 rings (SSSR count). The van der Waals surface area contributed by atoms with Crippen molar-refractivity contribution in [3.63, 3.8) is 0 Å². The number of benzene rings is 1. The fourth-order valence-electron chi connectivity index (χ4n) is 1.66. The fourth-order valence-corrected chi connectivity index (χ4v) is 3.14. The Balaban J connectivity index is 2.36. The topological polar surface area (TPSA) is 59.1 Å². The van der Waals surface area contributed by atoms with Gasteiger partial charge in [-0.05, 0) is 42.3 Å². The summed E-state index contributed by atoms with van der Waals surface area (Å²) < 4.78 is 27.9. The van der Waals surface area contributed by atoms with Gasteiger partial charge in [-0.15, -0.1) is 0 Å². The van der Waals surface area contributed by atoms with Gasteiger partial charge in [-0.2, -0.15) is 0 Å². The predicted octanol–water partition coefficient (Wildman–Crippen LogP) is 3.21. The van der Waals surface area contributed by atoms with E-state index in [1.807, 2.05) is 13.0 Å². The average molecular weight is 341 g/mol. The van der Waals surface area contributed by atoms with Gasteiger partial charge in [-0.25, -0.2) is 8.42 Å². The normalized spacial score (nSPS) is 11.3. The minimum atomic E-state index is -3.59. The van der Waals surface area contributed by atoms with Crippen molar-refractivity contribution in [2.45, 2.75) is 18.2 Å². The Bertz CT molecular complexity index is 672. The molecule has 0 aliphatic rings. The highest BCUT2D eigenvalue weighted by molar-refractivity contribution is 9.10. The van der Waals surface area contributed by atoms with Gasteiger partial charge < -0.3 is 0 Å². The maximum atomic E-state index is 12.2. The molecular weight excluding hydrogens is 328 g/mol. The number of rotatable bonds is 4. The molecule has 1 N–H and O–H groups in total. The molecule has 0 bridgehead atoms. The van der Waals surface area contributed by atoms with Crippen molar-refractivity contribution in [3.05, 3.63) is 52.8 Å². The van der Waals surface area contributed by atoms with E-state index in [0.717, 1.165) is 16.5 Å². The summed E-state index contributed by atoms with van der Waals surface area (Å²) in [5.41, 5.74) is 1.52. The lowest BCUT2D eigenvalue weighted by Gasteiger charge is -2.11. The van der Waals surface area contributed by atoms with E-state index < -0.39 is 10.0 Å². The molecule has 6 heteroatoms. The largest absolute Gasteiger partial charge is 0.279 e. The van der Waals surface area contributed by atoms with Crippen LogP contribution in [0.15, 0.2) is 52.1 Å². The van der Waals surface area contributed by atoms with E-state index >= 15 is 0 Å². The zero-order valence-electron chi connectivity index (χ0n) is 10.3. The molecule has 0 saturated heterocycles. The Hall–Kier alpha value is -1.40. The van der Waals surface area contributed by atoms with Crippen LogP contribution in [0, 0.1) is 0 Å². The fraction of sp³-hybridized carbons (Fsp3) is 0.154. The molecule has 0 amide bonds. The molecule has 1 heterocycles. The smallest absolute Gasteiger partial charge is 0.263 e. The van der Waals surface area contributed by atoms with Gasteiger partial charge in [0, 0.05) is 16.9 Å². The first-order valence-electron chi connectivity index (χ1n) is 5.74. The van der Waals surface area contributed by atoms with Gasteiger partial charge in [0.2, 0.25) is 0 Å². The molecule has 100 valence electrons. The second-order valence-corrected chi connectivity index (χ2v) is 6.55. The van der Waals surface area contributed by atoms with Gasteiger partial charge in [-0.1, -0.05) is 22.9 Å². The number of aryl methyl sites for hydroxylation is 1. The molecule has 0 aliphatic carbocycles. The zero-order valence-corrected chi connectivity index (χ0v) is 12.7. The number of hydrogen-bond acceptors (Lipinski definition) is 3. The lowest BCUT2D eigenvalue weighted by Crippen LogP contribution is -2.14. The second kappa shape index (κ2) is 5.71. The van der Waals surface area contributed by atoms with Crippen molar-refractivity contribution >= 4 is 31.6 Å². The van der Waals surface area contributed by atoms with E-state index in [0.29, 0.717) is 5.69 Å². The molecule has 0 radical (unpaired) electrons. The zero-order chi connectivity index (χ0) is 13.9. The molecule has 0 saturated carbocycles. The number of nitrogens with zero attached hydrogens (tertiary/aromatic N) is 1. The minimum absolute atomic E-state index is 0.153. The molecule has 2 aromatic rings. The van der Waals surface area contributed by atoms with Crippen LogP contribution >= 0.6 is 15.9 Å². The average Bonchev–Trinajstić information content (AvgIpc) is 2.41. The van der Waals surface area contributed by atoms with Crippen LogP contribution in [0.1, 0.15) is 12.5 Å². The molecule has 0 fully saturated rings. The van der Waals surface area contributed by atoms with Crippen LogP contribution < -0.4 is 4.72 Å². The second-order valence-electron chi connectivity index (χ2n) is 3.95. The standard InChI is InChI=1S/C13H13BrN2O2S/c1-2-10-8-11(14)5-6-13(10)16-19(17,18)12-4-3-7-15-9-12/h3-9,16H,2H2,1H3. The molecule has 0 atom stereocenters. The summed E-state index contributed by atoms with van der Waals surface area (Å²) in [4.78, 5) is 3.98. The number of halogens is 1. The van der Waals surface area contributed by atoms with E-state index in [4.69, 9.17) is 0 Å². The van der Waals surface area contributed by atoms with Gasteiger partial charge in [0.15, 0.2) is 0 Å². The maximum Gasteiger partial charge on any atom is 0.263 e. The summed E-state index contributed by atoms with van der Waals surface area (Å²) in [6.45, 7) is 1.98. The molecule has 4 nitrogen and oxygen atoms in total. The summed E-state index contributed by atoms with van der Waals surface area (Å²) in [6, 6.07) is 8.56. The van der Waals surface area contributed by atoms with Gasteiger partial charge in [0.05, 0.1) is 5.69 Å². The van der Waals surface area contributed by atoms with Gasteiger partial charge in [0.25, 0.3) is 10.0 Å². The van der Waals surface area contributed by atoms with Crippen molar-refractivity contribution in [2.75, 3.05) is 4.72 Å². The number of nitrogens with one attached hydrogen (secondary N) is 1. The Morgan fingerprint density at radius 2 is 2.11 bits per heavy atom. The first-order chi connectivity index (χ1) is 9.03. The van der Waals surface area contributed by atoms with E-state index in [1.54, 1.807) is 18.2 Å². The van der Waals surface area contributed by atoms with Crippen LogP contribution in [0.3, 0.4) is 0 Å². The molecule has 19 heavy (non-hydrogen) atoms. The highest BCUT2D eigenvalue weighted by Crippen LogP contribution is 2.24. The Morgan fingerprint density at radius 1 is 1.32 bits per heavy atom. The van der Waals surface area contributed by atoms with E-state index in [9.17, 15) is 8.42 Å². The molecular formula is C13H13BrN2O2S. The highest BCUT2D eigenvalue weighted by Gasteiger charge is 2.15. The summed E-state index contributed by atoms with van der Waals surface area (Å²) in [6.07, 6.45) is 3.60. The van der Waals surface area contributed by atoms with Crippen molar-refractivity contribution in [3.8, 4) is 0 Å². The van der Waals surface area contributed by atoms with Crippen LogP contribution in [0.4, 0.5) is 5.69 Å². The van der Waals surface area contributed by atoms with Crippen molar-refractivity contribution in [1.29, 1.82) is 0 Å². The van der Waals surface area contributed by atoms with Crippen LogP contribution in [-0.4, -0.2) is 13.4 Å². The Labute approximate surface area is 121 Å². The van der Waals surface area contributed by atoms with Crippen LogP contribution in [0.25, 0.3) is 0 Å². The molecule has 0 spiro atoms. The lowest BCUT2D eigenvalue weighted by atomic mass is 10.1. The van der Waals surface area contributed by atoms with Crippen LogP contribution in [-0.2, 0) is 16.4 Å². The number of hydrogen-bond donors (Lipinski definition) is 1. The van der Waals surface area contributed by atoms with E-state index in [2.05, 4.69) is 25.6 Å². The predicted molar refractivity (Wildman–Crippen MR) is 78.6 cm³/mol. The highest BCUT2D eigenvalue weighted by atomic mass is 79.9. The lowest BCUT2D eigenvalue weighted by molar-refractivity contribution is 0.600. The quantitative estimate of drug-likeness (QED) is 0.929. The van der Waals surface area contributed by atoms with Crippen LogP contribution in [0.5, 0.6) is 0 Å². The Morgan fingerprint density at radius 3 is 2.74 bits per heavy atom. The Kier molecular flexibility index (Phi) is 4.21. The molecule has 1 aromatic carbocycles. The summed E-state index contributed by atoms with van der Waals surface area (Å²) in [5.74, 6) is 0. The van der Waals surface area contributed by atoms with Crippen molar-refractivity contribution < 1.29 is 8.42 Å². The third kappa shape index (κ3) is 3.33. The maximum absolute atomic E-state index is 12.2. The minimum Gasteiger partial charge on any atom is -0.279 e. The van der Waals surface area contributed by atoms with Gasteiger partial charge in [0.1, 0.15) is 4.90 Å². The SMILES string of the molecule is CCc1cc(Br)ccc1NS(=O)(=O)c1cccnc1. The summed E-state index contributed by atoms with van der Waals surface area (Å²) in [5, 5.41) is 0. The molecule has 1 aromatic heterocycles. The first kappa shape index (κ1) is 14.0. The third-order valence-corrected chi connectivity index (χ3v) is 4.48. The molecule has 0 unspecified atom stereocenters. The van der Waals surface area contributed by atoms with Crippen LogP contribution in [0.2, 0.25) is 0 Å². The molecule has 0 aliphatic heterocycles.